The van der Waals surface area contributed by atoms with Crippen molar-refractivity contribution in [1.29, 1.82) is 0 Å². The summed E-state index contributed by atoms with van der Waals surface area (Å²) >= 11 is 0. The Labute approximate surface area is 128 Å². The molecule has 1 aromatic heterocycles. The van der Waals surface area contributed by atoms with E-state index in [0.29, 0.717) is 18.3 Å². The second kappa shape index (κ2) is 8.02. The molecule has 0 bridgehead atoms. The van der Waals surface area contributed by atoms with Crippen LogP contribution in [0.3, 0.4) is 0 Å². The van der Waals surface area contributed by atoms with Crippen LogP contribution in [0.1, 0.15) is 24.7 Å². The van der Waals surface area contributed by atoms with E-state index in [9.17, 15) is 9.59 Å². The molecule has 1 heterocycles. The van der Waals surface area contributed by atoms with Gasteiger partial charge >= 0.3 is 11.7 Å². The Bertz CT molecular complexity index is 635. The molecule has 0 saturated carbocycles. The molecular formula is C15H21N5O2. The molecule has 0 aliphatic rings. The number of nitrogens with one attached hydrogen (secondary N) is 4. The first-order valence-electron chi connectivity index (χ1n) is 7.36. The van der Waals surface area contributed by atoms with E-state index in [-0.39, 0.29) is 18.3 Å². The van der Waals surface area contributed by atoms with E-state index < -0.39 is 0 Å². The van der Waals surface area contributed by atoms with Crippen LogP contribution in [0, 0.1) is 5.92 Å². The highest BCUT2D eigenvalue weighted by molar-refractivity contribution is 5.73. The van der Waals surface area contributed by atoms with Gasteiger partial charge in [0.2, 0.25) is 0 Å². The number of rotatable bonds is 7. The largest absolute Gasteiger partial charge is 0.340 e. The molecule has 0 aliphatic carbocycles. The van der Waals surface area contributed by atoms with Crippen LogP contribution >= 0.6 is 0 Å². The lowest BCUT2D eigenvalue weighted by molar-refractivity contribution is 0.238. The highest BCUT2D eigenvalue weighted by Gasteiger charge is 2.10. The van der Waals surface area contributed by atoms with Crippen LogP contribution in [-0.4, -0.2) is 27.8 Å². The minimum atomic E-state index is -0.383. The number of aromatic amines is 2. The van der Waals surface area contributed by atoms with Gasteiger partial charge in [0.15, 0.2) is 0 Å². The Morgan fingerprint density at radius 2 is 2.05 bits per heavy atom. The minimum Gasteiger partial charge on any atom is -0.338 e. The van der Waals surface area contributed by atoms with Crippen LogP contribution in [0.4, 0.5) is 4.79 Å². The first-order chi connectivity index (χ1) is 10.7. The summed E-state index contributed by atoms with van der Waals surface area (Å²) in [5.41, 5.74) is 0.886. The second-order valence-corrected chi connectivity index (χ2v) is 5.15. The van der Waals surface area contributed by atoms with Gasteiger partial charge in [0.25, 0.3) is 0 Å². The molecule has 0 radical (unpaired) electrons. The quantitative estimate of drug-likeness (QED) is 0.617. The van der Waals surface area contributed by atoms with Crippen molar-refractivity contribution in [2.45, 2.75) is 26.3 Å². The van der Waals surface area contributed by atoms with Crippen LogP contribution in [0.15, 0.2) is 35.1 Å². The third-order valence-corrected chi connectivity index (χ3v) is 3.46. The van der Waals surface area contributed by atoms with E-state index >= 15 is 0 Å². The van der Waals surface area contributed by atoms with E-state index in [4.69, 9.17) is 0 Å². The van der Waals surface area contributed by atoms with Crippen LogP contribution in [0.5, 0.6) is 0 Å². The van der Waals surface area contributed by atoms with Crippen molar-refractivity contribution in [3.05, 3.63) is 52.2 Å². The maximum absolute atomic E-state index is 11.7. The SMILES string of the molecule is CC[C@H](CNC(=O)NCc1n[nH]c(=O)[nH]1)Cc1ccccc1. The molecule has 0 aliphatic heterocycles. The molecule has 0 saturated heterocycles. The Kier molecular flexibility index (Phi) is 5.76. The van der Waals surface area contributed by atoms with Crippen LogP contribution in [0.25, 0.3) is 0 Å². The Balaban J connectivity index is 1.73. The number of amides is 2. The monoisotopic (exact) mass is 303 g/mol. The molecule has 2 rings (SSSR count). The third-order valence-electron chi connectivity index (χ3n) is 3.46. The van der Waals surface area contributed by atoms with Gasteiger partial charge in [-0.05, 0) is 17.9 Å². The molecule has 22 heavy (non-hydrogen) atoms. The number of carbonyl (C=O) groups excluding carboxylic acids is 1. The van der Waals surface area contributed by atoms with Gasteiger partial charge in [0.1, 0.15) is 5.82 Å². The first-order valence-corrected chi connectivity index (χ1v) is 7.36. The van der Waals surface area contributed by atoms with Gasteiger partial charge in [0, 0.05) is 6.54 Å². The summed E-state index contributed by atoms with van der Waals surface area (Å²) in [6, 6.07) is 9.96. The lowest BCUT2D eigenvalue weighted by Gasteiger charge is -2.16. The number of hydrogen-bond acceptors (Lipinski definition) is 3. The summed E-state index contributed by atoms with van der Waals surface area (Å²) in [5.74, 6) is 0.787. The Morgan fingerprint density at radius 3 is 2.68 bits per heavy atom. The molecule has 4 N–H and O–H groups in total. The van der Waals surface area contributed by atoms with Crippen molar-refractivity contribution in [2.24, 2.45) is 5.92 Å². The van der Waals surface area contributed by atoms with Gasteiger partial charge in [-0.15, -0.1) is 0 Å². The maximum atomic E-state index is 11.7. The van der Waals surface area contributed by atoms with Crippen molar-refractivity contribution in [3.8, 4) is 0 Å². The standard InChI is InChI=1S/C15H21N5O2/c1-2-11(8-12-6-4-3-5-7-12)9-16-14(21)17-10-13-18-15(22)20-19-13/h3-7,11H,2,8-10H2,1H3,(H2,16,17,21)(H2,18,19,20,22)/t11-/m0/s1. The average Bonchev–Trinajstić information content (AvgIpc) is 2.96. The molecule has 0 spiro atoms. The Morgan fingerprint density at radius 1 is 1.27 bits per heavy atom. The normalized spacial score (nSPS) is 11.9. The van der Waals surface area contributed by atoms with E-state index in [0.717, 1.165) is 12.8 Å². The number of nitrogens with zero attached hydrogens (tertiary/aromatic N) is 1. The molecule has 2 aromatic rings. The number of carbonyl (C=O) groups is 1. The summed E-state index contributed by atoms with van der Waals surface area (Å²) in [6.45, 7) is 2.90. The molecule has 2 amide bonds. The zero-order chi connectivity index (χ0) is 15.8. The molecule has 1 aromatic carbocycles. The van der Waals surface area contributed by atoms with Crippen molar-refractivity contribution in [2.75, 3.05) is 6.54 Å². The van der Waals surface area contributed by atoms with Crippen molar-refractivity contribution < 1.29 is 4.79 Å². The smallest absolute Gasteiger partial charge is 0.338 e. The third kappa shape index (κ3) is 5.08. The van der Waals surface area contributed by atoms with E-state index in [1.165, 1.54) is 5.56 Å². The van der Waals surface area contributed by atoms with Crippen LogP contribution in [-0.2, 0) is 13.0 Å². The number of benzene rings is 1. The summed E-state index contributed by atoms with van der Waals surface area (Å²) in [5, 5.41) is 11.5. The fraction of sp³-hybridized carbons (Fsp3) is 0.400. The molecule has 0 unspecified atom stereocenters. The highest BCUT2D eigenvalue weighted by Crippen LogP contribution is 2.11. The molecule has 7 heteroatoms. The summed E-state index contributed by atoms with van der Waals surface area (Å²) < 4.78 is 0. The van der Waals surface area contributed by atoms with Gasteiger partial charge < -0.3 is 10.6 Å². The lowest BCUT2D eigenvalue weighted by Crippen LogP contribution is -2.38. The Hall–Kier alpha value is -2.57. The molecular weight excluding hydrogens is 282 g/mol. The fourth-order valence-electron chi connectivity index (χ4n) is 2.16. The lowest BCUT2D eigenvalue weighted by atomic mass is 9.97. The predicted molar refractivity (Wildman–Crippen MR) is 83.4 cm³/mol. The number of urea groups is 1. The zero-order valence-corrected chi connectivity index (χ0v) is 12.6. The van der Waals surface area contributed by atoms with Crippen molar-refractivity contribution in [1.82, 2.24) is 25.8 Å². The highest BCUT2D eigenvalue weighted by atomic mass is 16.2. The van der Waals surface area contributed by atoms with Gasteiger partial charge in [-0.25, -0.2) is 14.7 Å². The second-order valence-electron chi connectivity index (χ2n) is 5.15. The molecule has 0 fully saturated rings. The zero-order valence-electron chi connectivity index (χ0n) is 12.6. The van der Waals surface area contributed by atoms with Gasteiger partial charge in [-0.3, -0.25) is 4.98 Å². The molecule has 7 nitrogen and oxygen atoms in total. The van der Waals surface area contributed by atoms with E-state index in [1.54, 1.807) is 0 Å². The molecule has 118 valence electrons. The van der Waals surface area contributed by atoms with Crippen LogP contribution < -0.4 is 16.3 Å². The topological polar surface area (TPSA) is 103 Å². The maximum Gasteiger partial charge on any atom is 0.340 e. The van der Waals surface area contributed by atoms with Gasteiger partial charge in [0.05, 0.1) is 6.54 Å². The van der Waals surface area contributed by atoms with Crippen LogP contribution in [0.2, 0.25) is 0 Å². The number of aromatic nitrogens is 3. The first kappa shape index (κ1) is 15.8. The van der Waals surface area contributed by atoms with Crippen molar-refractivity contribution >= 4 is 6.03 Å². The number of H-pyrrole nitrogens is 2. The van der Waals surface area contributed by atoms with Gasteiger partial charge in [-0.2, -0.15) is 5.10 Å². The fourth-order valence-corrected chi connectivity index (χ4v) is 2.16. The summed E-state index contributed by atoms with van der Waals surface area (Å²) in [4.78, 5) is 25.1. The summed E-state index contributed by atoms with van der Waals surface area (Å²) in [6.07, 6.45) is 1.92. The van der Waals surface area contributed by atoms with E-state index in [1.807, 2.05) is 18.2 Å². The summed E-state index contributed by atoms with van der Waals surface area (Å²) in [7, 11) is 0. The molecule has 1 atom stereocenters. The minimum absolute atomic E-state index is 0.181. The average molecular weight is 303 g/mol. The van der Waals surface area contributed by atoms with Crippen molar-refractivity contribution in [3.63, 3.8) is 0 Å². The van der Waals surface area contributed by atoms with Gasteiger partial charge in [-0.1, -0.05) is 43.7 Å². The number of hydrogen-bond donors (Lipinski definition) is 4. The predicted octanol–water partition coefficient (Wildman–Crippen LogP) is 1.17. The van der Waals surface area contributed by atoms with E-state index in [2.05, 4.69) is 44.9 Å².